The lowest BCUT2D eigenvalue weighted by Gasteiger charge is -2.10. The molecule has 0 bridgehead atoms. The lowest BCUT2D eigenvalue weighted by atomic mass is 10.0. The van der Waals surface area contributed by atoms with Gasteiger partial charge in [-0.15, -0.1) is 0 Å². The Balaban J connectivity index is 1.45. The van der Waals surface area contributed by atoms with Gasteiger partial charge in [-0.05, 0) is 65.1 Å². The van der Waals surface area contributed by atoms with Crippen molar-refractivity contribution in [3.8, 4) is 0 Å². The van der Waals surface area contributed by atoms with Crippen molar-refractivity contribution in [3.63, 3.8) is 0 Å². The fraction of sp³-hybridized carbons (Fsp3) is 0.148. The molecule has 1 aromatic heterocycles. The Morgan fingerprint density at radius 2 is 1.86 bits per heavy atom. The zero-order valence-electron chi connectivity index (χ0n) is 18.9. The summed E-state index contributed by atoms with van der Waals surface area (Å²) in [4.78, 5) is 37.2. The summed E-state index contributed by atoms with van der Waals surface area (Å²) < 4.78 is 32.7. The van der Waals surface area contributed by atoms with E-state index in [1.165, 1.54) is 30.0 Å². The number of hydrogen-bond donors (Lipinski definition) is 1. The van der Waals surface area contributed by atoms with Crippen molar-refractivity contribution < 1.29 is 23.1 Å². The average molecular weight is 476 g/mol. The summed E-state index contributed by atoms with van der Waals surface area (Å²) in [7, 11) is 1.34. The van der Waals surface area contributed by atoms with Crippen LogP contribution < -0.4 is 10.9 Å². The largest absolute Gasteiger partial charge is 0.466 e. The van der Waals surface area contributed by atoms with E-state index >= 15 is 0 Å². The van der Waals surface area contributed by atoms with Gasteiger partial charge in [-0.3, -0.25) is 9.59 Å². The van der Waals surface area contributed by atoms with Crippen LogP contribution in [0, 0.1) is 11.6 Å². The molecule has 3 aromatic rings. The van der Waals surface area contributed by atoms with E-state index in [0.717, 1.165) is 28.8 Å². The molecule has 0 saturated heterocycles. The number of allylic oxidation sites excluding steroid dienone is 3. The van der Waals surface area contributed by atoms with Gasteiger partial charge in [-0.25, -0.2) is 13.6 Å². The van der Waals surface area contributed by atoms with Crippen molar-refractivity contribution in [2.75, 3.05) is 7.11 Å². The summed E-state index contributed by atoms with van der Waals surface area (Å²) in [5.74, 6) is -2.88. The molecule has 0 unspecified atom stereocenters. The van der Waals surface area contributed by atoms with Crippen LogP contribution in [0.2, 0.25) is 0 Å². The highest BCUT2D eigenvalue weighted by Crippen LogP contribution is 2.27. The second kappa shape index (κ2) is 10.3. The number of halogens is 2. The van der Waals surface area contributed by atoms with Crippen LogP contribution in [-0.4, -0.2) is 23.6 Å². The topological polar surface area (TPSA) is 77.4 Å². The van der Waals surface area contributed by atoms with Crippen LogP contribution in [0.5, 0.6) is 0 Å². The minimum absolute atomic E-state index is 0.00457. The van der Waals surface area contributed by atoms with Gasteiger partial charge in [-0.1, -0.05) is 30.3 Å². The van der Waals surface area contributed by atoms with Crippen molar-refractivity contribution in [1.82, 2.24) is 9.88 Å². The molecule has 0 saturated carbocycles. The van der Waals surface area contributed by atoms with Gasteiger partial charge < -0.3 is 14.6 Å². The van der Waals surface area contributed by atoms with Crippen molar-refractivity contribution >= 4 is 17.4 Å². The van der Waals surface area contributed by atoms with Gasteiger partial charge >= 0.3 is 5.97 Å². The minimum Gasteiger partial charge on any atom is -0.466 e. The number of pyridine rings is 1. The number of aromatic nitrogens is 1. The normalized spacial score (nSPS) is 12.7. The number of rotatable bonds is 7. The van der Waals surface area contributed by atoms with Crippen molar-refractivity contribution in [2.45, 2.75) is 19.5 Å². The van der Waals surface area contributed by atoms with Crippen LogP contribution in [0.15, 0.2) is 83.3 Å². The van der Waals surface area contributed by atoms with Gasteiger partial charge in [0.15, 0.2) is 11.6 Å². The lowest BCUT2D eigenvalue weighted by Crippen LogP contribution is -2.32. The molecule has 1 heterocycles. The molecule has 35 heavy (non-hydrogen) atoms. The summed E-state index contributed by atoms with van der Waals surface area (Å²) in [6.07, 6.45) is 5.69. The Labute approximate surface area is 200 Å². The first-order chi connectivity index (χ1) is 16.9. The summed E-state index contributed by atoms with van der Waals surface area (Å²) in [5.41, 5.74) is 2.96. The highest BCUT2D eigenvalue weighted by molar-refractivity contribution is 5.96. The molecule has 0 aliphatic heterocycles. The number of nitrogens with zero attached hydrogens (tertiary/aromatic N) is 1. The second-order valence-electron chi connectivity index (χ2n) is 8.01. The first-order valence-electron chi connectivity index (χ1n) is 10.9. The van der Waals surface area contributed by atoms with Crippen LogP contribution in [0.4, 0.5) is 8.78 Å². The smallest absolute Gasteiger partial charge is 0.334 e. The summed E-state index contributed by atoms with van der Waals surface area (Å²) in [6, 6.07) is 13.9. The van der Waals surface area contributed by atoms with E-state index in [2.05, 4.69) is 5.32 Å². The molecule has 0 spiro atoms. The van der Waals surface area contributed by atoms with Gasteiger partial charge in [0.05, 0.1) is 13.7 Å². The van der Waals surface area contributed by atoms with E-state index in [4.69, 9.17) is 4.74 Å². The maximum atomic E-state index is 13.5. The minimum atomic E-state index is -1.00. The average Bonchev–Trinajstić information content (AvgIpc) is 3.36. The standard InChI is InChI=1S/C27H22F2N2O4/c1-35-27(34)21-9-8-20(14-21)19-5-2-4-17(12-19)15-30-25(32)22-6-3-11-31(26(22)33)16-18-7-10-23(28)24(29)13-18/h2-8,10-14H,9,15-16H2,1H3,(H,30,32). The van der Waals surface area contributed by atoms with E-state index in [9.17, 15) is 23.2 Å². The molecule has 178 valence electrons. The summed E-state index contributed by atoms with van der Waals surface area (Å²) in [5, 5.41) is 2.75. The monoisotopic (exact) mass is 476 g/mol. The SMILES string of the molecule is COC(=O)C1=CC(c2cccc(CNC(=O)c3cccn(Cc4ccc(F)c(F)c4)c3=O)c2)=CC1. The number of carbonyl (C=O) groups excluding carboxylic acids is 2. The van der Waals surface area contributed by atoms with Crippen LogP contribution in [0.1, 0.15) is 33.5 Å². The maximum absolute atomic E-state index is 13.5. The Kier molecular flexibility index (Phi) is 7.01. The molecule has 1 amide bonds. The first kappa shape index (κ1) is 23.8. The third kappa shape index (κ3) is 5.43. The van der Waals surface area contributed by atoms with E-state index in [-0.39, 0.29) is 24.6 Å². The maximum Gasteiger partial charge on any atom is 0.334 e. The van der Waals surface area contributed by atoms with Gasteiger partial charge in [0.25, 0.3) is 11.5 Å². The molecular formula is C27H22F2N2O4. The van der Waals surface area contributed by atoms with Crippen LogP contribution in [0.25, 0.3) is 5.57 Å². The number of nitrogens with one attached hydrogen (secondary N) is 1. The van der Waals surface area contributed by atoms with Gasteiger partial charge in [0.2, 0.25) is 0 Å². The second-order valence-corrected chi connectivity index (χ2v) is 8.01. The van der Waals surface area contributed by atoms with Gasteiger partial charge in [0.1, 0.15) is 5.56 Å². The molecule has 6 nitrogen and oxygen atoms in total. The summed E-state index contributed by atoms with van der Waals surface area (Å²) in [6.45, 7) is 0.181. The zero-order chi connectivity index (χ0) is 24.9. The molecular weight excluding hydrogens is 454 g/mol. The van der Waals surface area contributed by atoms with Crippen molar-refractivity contribution in [3.05, 3.63) is 123 Å². The van der Waals surface area contributed by atoms with E-state index in [1.807, 2.05) is 30.3 Å². The molecule has 1 N–H and O–H groups in total. The van der Waals surface area contributed by atoms with Crippen molar-refractivity contribution in [2.24, 2.45) is 0 Å². The molecule has 0 atom stereocenters. The van der Waals surface area contributed by atoms with Crippen LogP contribution >= 0.6 is 0 Å². The van der Waals surface area contributed by atoms with Crippen LogP contribution in [0.3, 0.4) is 0 Å². The zero-order valence-corrected chi connectivity index (χ0v) is 18.9. The third-order valence-corrected chi connectivity index (χ3v) is 5.63. The number of benzene rings is 2. The highest BCUT2D eigenvalue weighted by atomic mass is 19.2. The molecule has 2 aromatic carbocycles. The fourth-order valence-electron chi connectivity index (χ4n) is 3.81. The summed E-state index contributed by atoms with van der Waals surface area (Å²) >= 11 is 0. The number of methoxy groups -OCH3 is 1. The van der Waals surface area contributed by atoms with Crippen LogP contribution in [-0.2, 0) is 22.6 Å². The molecule has 4 rings (SSSR count). The lowest BCUT2D eigenvalue weighted by molar-refractivity contribution is -0.136. The number of esters is 1. The predicted octanol–water partition coefficient (Wildman–Crippen LogP) is 3.99. The Morgan fingerprint density at radius 3 is 2.63 bits per heavy atom. The number of amides is 1. The molecule has 1 aliphatic carbocycles. The number of carbonyl (C=O) groups is 2. The Morgan fingerprint density at radius 1 is 1.03 bits per heavy atom. The van der Waals surface area contributed by atoms with Gasteiger partial charge in [-0.2, -0.15) is 0 Å². The van der Waals surface area contributed by atoms with E-state index in [0.29, 0.717) is 17.6 Å². The number of ether oxygens (including phenoxy) is 1. The number of hydrogen-bond acceptors (Lipinski definition) is 4. The molecule has 0 radical (unpaired) electrons. The van der Waals surface area contributed by atoms with E-state index < -0.39 is 23.1 Å². The highest BCUT2D eigenvalue weighted by Gasteiger charge is 2.16. The molecule has 8 heteroatoms. The van der Waals surface area contributed by atoms with Gasteiger partial charge in [0, 0.05) is 18.3 Å². The Hall–Kier alpha value is -4.33. The van der Waals surface area contributed by atoms with Crippen molar-refractivity contribution in [1.29, 1.82) is 0 Å². The molecule has 1 aliphatic rings. The fourth-order valence-corrected chi connectivity index (χ4v) is 3.81. The molecule has 0 fully saturated rings. The first-order valence-corrected chi connectivity index (χ1v) is 10.9. The quantitative estimate of drug-likeness (QED) is 0.523. The third-order valence-electron chi connectivity index (χ3n) is 5.63. The predicted molar refractivity (Wildman–Crippen MR) is 126 cm³/mol. The Bertz CT molecular complexity index is 1420. The van der Waals surface area contributed by atoms with E-state index in [1.54, 1.807) is 12.1 Å².